The zero-order chi connectivity index (χ0) is 11.0. The van der Waals surface area contributed by atoms with E-state index in [0.29, 0.717) is 12.1 Å². The summed E-state index contributed by atoms with van der Waals surface area (Å²) in [4.78, 5) is 0. The molecule has 84 valence electrons. The van der Waals surface area contributed by atoms with Crippen molar-refractivity contribution in [2.75, 3.05) is 14.2 Å². The van der Waals surface area contributed by atoms with Gasteiger partial charge in [-0.15, -0.1) is 0 Å². The van der Waals surface area contributed by atoms with Gasteiger partial charge in [-0.3, -0.25) is 0 Å². The standard InChI is InChI=1S/C10H21NO3/c1-5-6-7-8-10(13-3,14-4)9(2)11-12/h12H,5-8H2,1-4H3. The molecule has 0 spiro atoms. The van der Waals surface area contributed by atoms with Crippen LogP contribution < -0.4 is 0 Å². The number of nitrogens with zero attached hydrogens (tertiary/aromatic N) is 1. The molecule has 0 fully saturated rings. The quantitative estimate of drug-likeness (QED) is 0.227. The lowest BCUT2D eigenvalue weighted by molar-refractivity contribution is -0.160. The van der Waals surface area contributed by atoms with E-state index in [2.05, 4.69) is 12.1 Å². The third kappa shape index (κ3) is 3.27. The fraction of sp³-hybridized carbons (Fsp3) is 0.900. The number of oxime groups is 1. The van der Waals surface area contributed by atoms with Gasteiger partial charge in [0.25, 0.3) is 0 Å². The van der Waals surface area contributed by atoms with Crippen LogP contribution in [0.25, 0.3) is 0 Å². The van der Waals surface area contributed by atoms with E-state index in [0.717, 1.165) is 19.3 Å². The second kappa shape index (κ2) is 6.79. The summed E-state index contributed by atoms with van der Waals surface area (Å²) in [6, 6.07) is 0. The Labute approximate surface area is 85.9 Å². The summed E-state index contributed by atoms with van der Waals surface area (Å²) in [5, 5.41) is 11.9. The van der Waals surface area contributed by atoms with Gasteiger partial charge in [0.1, 0.15) is 5.71 Å². The minimum absolute atomic E-state index is 0.457. The average Bonchev–Trinajstić information content (AvgIpc) is 2.24. The smallest absolute Gasteiger partial charge is 0.210 e. The van der Waals surface area contributed by atoms with Crippen molar-refractivity contribution in [2.24, 2.45) is 5.16 Å². The topological polar surface area (TPSA) is 51.0 Å². The van der Waals surface area contributed by atoms with Gasteiger partial charge in [0.2, 0.25) is 5.79 Å². The molecule has 0 unspecified atom stereocenters. The molecule has 0 atom stereocenters. The fourth-order valence-corrected chi connectivity index (χ4v) is 1.45. The summed E-state index contributed by atoms with van der Waals surface area (Å²) in [5.41, 5.74) is 0.457. The number of ether oxygens (including phenoxy) is 2. The van der Waals surface area contributed by atoms with Crippen LogP contribution in [0.15, 0.2) is 5.16 Å². The molecule has 4 heteroatoms. The van der Waals surface area contributed by atoms with E-state index in [-0.39, 0.29) is 0 Å². The summed E-state index contributed by atoms with van der Waals surface area (Å²) in [5.74, 6) is -0.857. The maximum atomic E-state index is 8.72. The lowest BCUT2D eigenvalue weighted by atomic mass is 10.0. The third-order valence-electron chi connectivity index (χ3n) is 2.47. The van der Waals surface area contributed by atoms with Crippen LogP contribution in [-0.2, 0) is 9.47 Å². The Morgan fingerprint density at radius 2 is 1.86 bits per heavy atom. The van der Waals surface area contributed by atoms with Crippen LogP contribution in [0, 0.1) is 0 Å². The van der Waals surface area contributed by atoms with Crippen LogP contribution in [0.3, 0.4) is 0 Å². The van der Waals surface area contributed by atoms with Crippen LogP contribution in [0.5, 0.6) is 0 Å². The van der Waals surface area contributed by atoms with Gasteiger partial charge in [-0.05, 0) is 13.3 Å². The van der Waals surface area contributed by atoms with E-state index < -0.39 is 5.79 Å². The van der Waals surface area contributed by atoms with Crippen molar-refractivity contribution in [1.82, 2.24) is 0 Å². The van der Waals surface area contributed by atoms with Crippen LogP contribution in [0.2, 0.25) is 0 Å². The lowest BCUT2D eigenvalue weighted by Gasteiger charge is -2.29. The molecule has 0 aliphatic rings. The summed E-state index contributed by atoms with van der Waals surface area (Å²) >= 11 is 0. The minimum atomic E-state index is -0.857. The highest BCUT2D eigenvalue weighted by Crippen LogP contribution is 2.22. The molecule has 0 aromatic carbocycles. The molecule has 0 amide bonds. The lowest BCUT2D eigenvalue weighted by Crippen LogP contribution is -2.41. The molecule has 0 heterocycles. The Kier molecular flexibility index (Phi) is 6.49. The predicted molar refractivity (Wildman–Crippen MR) is 55.8 cm³/mol. The van der Waals surface area contributed by atoms with Gasteiger partial charge in [-0.2, -0.15) is 0 Å². The highest BCUT2D eigenvalue weighted by Gasteiger charge is 2.33. The molecule has 0 aliphatic carbocycles. The van der Waals surface area contributed by atoms with Crippen molar-refractivity contribution in [2.45, 2.75) is 45.3 Å². The first-order valence-corrected chi connectivity index (χ1v) is 4.96. The Morgan fingerprint density at radius 3 is 2.21 bits per heavy atom. The maximum absolute atomic E-state index is 8.72. The van der Waals surface area contributed by atoms with Gasteiger partial charge in [0.05, 0.1) is 0 Å². The van der Waals surface area contributed by atoms with Crippen LogP contribution in [-0.4, -0.2) is 30.9 Å². The molecule has 0 radical (unpaired) electrons. The maximum Gasteiger partial charge on any atom is 0.210 e. The SMILES string of the molecule is CCCCCC(OC)(OC)C(C)=NO. The molecule has 1 N–H and O–H groups in total. The fourth-order valence-electron chi connectivity index (χ4n) is 1.45. The number of rotatable bonds is 7. The zero-order valence-electron chi connectivity index (χ0n) is 9.54. The highest BCUT2D eigenvalue weighted by molar-refractivity contribution is 5.88. The van der Waals surface area contributed by atoms with E-state index in [1.807, 2.05) is 0 Å². The Hall–Kier alpha value is -0.610. The monoisotopic (exact) mass is 203 g/mol. The van der Waals surface area contributed by atoms with Crippen molar-refractivity contribution in [3.8, 4) is 0 Å². The van der Waals surface area contributed by atoms with E-state index in [1.54, 1.807) is 21.1 Å². The third-order valence-corrected chi connectivity index (χ3v) is 2.47. The van der Waals surface area contributed by atoms with Crippen molar-refractivity contribution in [1.29, 1.82) is 0 Å². The number of methoxy groups -OCH3 is 2. The van der Waals surface area contributed by atoms with Crippen molar-refractivity contribution >= 4 is 5.71 Å². The minimum Gasteiger partial charge on any atom is -0.411 e. The molecular formula is C10H21NO3. The molecule has 0 rings (SSSR count). The number of hydrogen-bond acceptors (Lipinski definition) is 4. The van der Waals surface area contributed by atoms with Gasteiger partial charge in [0.15, 0.2) is 0 Å². The molecule has 0 bridgehead atoms. The summed E-state index contributed by atoms with van der Waals surface area (Å²) in [6.07, 6.45) is 3.96. The zero-order valence-corrected chi connectivity index (χ0v) is 9.54. The molecule has 0 saturated heterocycles. The molecule has 0 aliphatic heterocycles. The average molecular weight is 203 g/mol. The van der Waals surface area contributed by atoms with E-state index >= 15 is 0 Å². The van der Waals surface area contributed by atoms with Gasteiger partial charge >= 0.3 is 0 Å². The molecule has 0 saturated carbocycles. The first-order valence-electron chi connectivity index (χ1n) is 4.96. The highest BCUT2D eigenvalue weighted by atomic mass is 16.7. The van der Waals surface area contributed by atoms with Crippen molar-refractivity contribution in [3.05, 3.63) is 0 Å². The Morgan fingerprint density at radius 1 is 1.29 bits per heavy atom. The predicted octanol–water partition coefficient (Wildman–Crippen LogP) is 2.41. The molecule has 4 nitrogen and oxygen atoms in total. The Balaban J connectivity index is 4.38. The summed E-state index contributed by atoms with van der Waals surface area (Å²) in [6.45, 7) is 3.83. The second-order valence-corrected chi connectivity index (χ2v) is 3.30. The molecule has 0 aromatic rings. The Bertz CT molecular complexity index is 176. The molecule has 14 heavy (non-hydrogen) atoms. The molecular weight excluding hydrogens is 182 g/mol. The van der Waals surface area contributed by atoms with Gasteiger partial charge in [-0.25, -0.2) is 0 Å². The van der Waals surface area contributed by atoms with E-state index in [4.69, 9.17) is 14.7 Å². The second-order valence-electron chi connectivity index (χ2n) is 3.30. The first kappa shape index (κ1) is 13.4. The van der Waals surface area contributed by atoms with Gasteiger partial charge < -0.3 is 14.7 Å². The molecule has 0 aromatic heterocycles. The first-order chi connectivity index (χ1) is 6.66. The van der Waals surface area contributed by atoms with Crippen LogP contribution in [0.1, 0.15) is 39.5 Å². The largest absolute Gasteiger partial charge is 0.411 e. The summed E-state index contributed by atoms with van der Waals surface area (Å²) in [7, 11) is 3.12. The van der Waals surface area contributed by atoms with Gasteiger partial charge in [0, 0.05) is 20.6 Å². The van der Waals surface area contributed by atoms with E-state index in [1.165, 1.54) is 0 Å². The number of unbranched alkanes of at least 4 members (excludes halogenated alkanes) is 2. The number of hydrogen-bond donors (Lipinski definition) is 1. The van der Waals surface area contributed by atoms with E-state index in [9.17, 15) is 0 Å². The normalized spacial score (nSPS) is 13.3. The van der Waals surface area contributed by atoms with Crippen LogP contribution >= 0.6 is 0 Å². The summed E-state index contributed by atoms with van der Waals surface area (Å²) < 4.78 is 10.5. The van der Waals surface area contributed by atoms with Crippen molar-refractivity contribution < 1.29 is 14.7 Å². The van der Waals surface area contributed by atoms with Gasteiger partial charge in [-0.1, -0.05) is 24.9 Å². The van der Waals surface area contributed by atoms with Crippen molar-refractivity contribution in [3.63, 3.8) is 0 Å². The van der Waals surface area contributed by atoms with Crippen LogP contribution in [0.4, 0.5) is 0 Å².